The normalized spacial score (nSPS) is 25.3. The molecule has 0 heterocycles. The zero-order valence-electron chi connectivity index (χ0n) is 18.5. The lowest BCUT2D eigenvalue weighted by Gasteiger charge is -2.58. The number of benzene rings is 1. The van der Waals surface area contributed by atoms with Crippen LogP contribution in [0.5, 0.6) is 11.5 Å². The molecule has 3 aliphatic carbocycles. The van der Waals surface area contributed by atoms with E-state index in [-0.39, 0.29) is 40.1 Å². The number of phenolic OH excluding ortho intramolecular Hbond substituents is 2. The van der Waals surface area contributed by atoms with Crippen molar-refractivity contribution in [2.75, 3.05) is 0 Å². The topological polar surface area (TPSA) is 77.8 Å². The Morgan fingerprint density at radius 3 is 2.28 bits per heavy atom. The molecule has 3 aliphatic rings. The van der Waals surface area contributed by atoms with Gasteiger partial charge in [0.05, 0.1) is 0 Å². The van der Waals surface area contributed by atoms with Crippen molar-refractivity contribution in [3.05, 3.63) is 34.9 Å². The van der Waals surface area contributed by atoms with Crippen LogP contribution in [-0.4, -0.2) is 21.3 Å². The summed E-state index contributed by atoms with van der Waals surface area (Å²) in [7, 11) is 0. The quantitative estimate of drug-likeness (QED) is 0.460. The molecule has 1 aromatic carbocycles. The molecule has 29 heavy (non-hydrogen) atoms. The molecule has 2 unspecified atom stereocenters. The Morgan fingerprint density at radius 1 is 1.14 bits per heavy atom. The molecule has 0 spiro atoms. The molecule has 4 nitrogen and oxygen atoms in total. The summed E-state index contributed by atoms with van der Waals surface area (Å²) in [5.41, 5.74) is 1.53. The van der Waals surface area contributed by atoms with Gasteiger partial charge in [0.25, 0.3) is 0 Å². The molecule has 0 radical (unpaired) electrons. The number of carbonyl (C=O) groups is 1. The molecule has 3 atom stereocenters. The molecular weight excluding hydrogens is 364 g/mol. The van der Waals surface area contributed by atoms with E-state index in [1.54, 1.807) is 18.2 Å². The summed E-state index contributed by atoms with van der Waals surface area (Å²) in [6, 6.07) is 3.56. The van der Waals surface area contributed by atoms with Crippen LogP contribution in [0.4, 0.5) is 0 Å². The maximum atomic E-state index is 11.8. The van der Waals surface area contributed by atoms with E-state index in [4.69, 9.17) is 0 Å². The van der Waals surface area contributed by atoms with Crippen LogP contribution in [0.25, 0.3) is 0 Å². The number of unbranched alkanes of at least 4 members (excludes halogenated alkanes) is 3. The van der Waals surface area contributed by atoms with Gasteiger partial charge in [-0.1, -0.05) is 66.4 Å². The Balaban J connectivity index is 1.92. The zero-order chi connectivity index (χ0) is 21.6. The molecular formula is C25H36O4. The highest BCUT2D eigenvalue weighted by molar-refractivity contribution is 5.88. The van der Waals surface area contributed by atoms with Gasteiger partial charge in [0.15, 0.2) is 0 Å². The number of fused-ring (bicyclic) bond motifs is 1. The fourth-order valence-electron chi connectivity index (χ4n) is 5.52. The highest BCUT2D eigenvalue weighted by Gasteiger charge is 2.57. The summed E-state index contributed by atoms with van der Waals surface area (Å²) in [5, 5.41) is 31.4. The monoisotopic (exact) mass is 400 g/mol. The molecule has 0 saturated heterocycles. The van der Waals surface area contributed by atoms with E-state index in [1.807, 2.05) is 0 Å². The molecule has 0 aromatic heterocycles. The minimum Gasteiger partial charge on any atom is -0.507 e. The highest BCUT2D eigenvalue weighted by Crippen LogP contribution is 2.65. The third kappa shape index (κ3) is 3.78. The van der Waals surface area contributed by atoms with Gasteiger partial charge in [-0.25, -0.2) is 4.79 Å². The number of rotatable bonds is 8. The maximum absolute atomic E-state index is 11.8. The third-order valence-corrected chi connectivity index (χ3v) is 7.66. The Morgan fingerprint density at radius 2 is 1.76 bits per heavy atom. The van der Waals surface area contributed by atoms with Crippen molar-refractivity contribution in [3.63, 3.8) is 0 Å². The zero-order valence-corrected chi connectivity index (χ0v) is 18.5. The predicted molar refractivity (Wildman–Crippen MR) is 115 cm³/mol. The number of aliphatic carboxylic acids is 1. The van der Waals surface area contributed by atoms with Crippen LogP contribution >= 0.6 is 0 Å². The van der Waals surface area contributed by atoms with Gasteiger partial charge in [-0.3, -0.25) is 0 Å². The van der Waals surface area contributed by atoms with Crippen LogP contribution in [0, 0.1) is 17.3 Å². The molecule has 3 N–H and O–H groups in total. The van der Waals surface area contributed by atoms with E-state index < -0.39 is 5.97 Å². The summed E-state index contributed by atoms with van der Waals surface area (Å²) in [6.45, 7) is 10.7. The first-order chi connectivity index (χ1) is 13.5. The first kappa shape index (κ1) is 21.7. The lowest BCUT2D eigenvalue weighted by atomic mass is 9.45. The maximum Gasteiger partial charge on any atom is 0.331 e. The first-order valence-corrected chi connectivity index (χ1v) is 11.0. The average molecular weight is 401 g/mol. The Labute approximate surface area is 174 Å². The second-order valence-electron chi connectivity index (χ2n) is 10.3. The molecule has 1 aromatic rings. The van der Waals surface area contributed by atoms with Crippen LogP contribution in [0.15, 0.2) is 23.8 Å². The second kappa shape index (κ2) is 7.70. The Hall–Kier alpha value is -1.97. The third-order valence-electron chi connectivity index (χ3n) is 7.66. The standard InChI is InChI=1S/C25H36O4/c1-6-7-8-9-10-24(2,3)15-11-20(26)22(21(27)12-15)16-13-17(23(28)29)19-14-18(16)25(19,4)5/h11-13,16,18-19,26-27H,6-10,14H2,1-5H3,(H,28,29)/t16-,18?,19?/m0/s1. The van der Waals surface area contributed by atoms with Gasteiger partial charge in [0.1, 0.15) is 11.5 Å². The lowest BCUT2D eigenvalue weighted by Crippen LogP contribution is -2.52. The summed E-state index contributed by atoms with van der Waals surface area (Å²) < 4.78 is 0. The molecule has 0 aliphatic heterocycles. The number of phenols is 2. The fraction of sp³-hybridized carbons (Fsp3) is 0.640. The van der Waals surface area contributed by atoms with Crippen molar-refractivity contribution in [2.24, 2.45) is 17.3 Å². The number of carboxylic acid groups (broad SMARTS) is 1. The van der Waals surface area contributed by atoms with Crippen molar-refractivity contribution >= 4 is 5.97 Å². The molecule has 2 bridgehead atoms. The summed E-state index contributed by atoms with van der Waals surface area (Å²) >= 11 is 0. The van der Waals surface area contributed by atoms with Crippen LogP contribution in [0.3, 0.4) is 0 Å². The molecule has 0 amide bonds. The van der Waals surface area contributed by atoms with E-state index in [1.165, 1.54) is 19.3 Å². The van der Waals surface area contributed by atoms with Gasteiger partial charge in [0, 0.05) is 17.1 Å². The molecule has 4 heteroatoms. The minimum atomic E-state index is -0.893. The van der Waals surface area contributed by atoms with Gasteiger partial charge in [-0.05, 0) is 53.2 Å². The number of carboxylic acids is 1. The summed E-state index contributed by atoms with van der Waals surface area (Å²) in [4.78, 5) is 11.8. The van der Waals surface area contributed by atoms with E-state index in [9.17, 15) is 20.1 Å². The molecule has 1 saturated carbocycles. The summed E-state index contributed by atoms with van der Waals surface area (Å²) in [5.74, 6) is -0.743. The largest absolute Gasteiger partial charge is 0.507 e. The van der Waals surface area contributed by atoms with E-state index in [2.05, 4.69) is 34.6 Å². The van der Waals surface area contributed by atoms with E-state index in [0.717, 1.165) is 24.8 Å². The molecule has 1 fully saturated rings. The molecule has 4 rings (SSSR count). The van der Waals surface area contributed by atoms with Crippen molar-refractivity contribution in [1.82, 2.24) is 0 Å². The van der Waals surface area contributed by atoms with Gasteiger partial charge < -0.3 is 15.3 Å². The van der Waals surface area contributed by atoms with Crippen LogP contribution < -0.4 is 0 Å². The van der Waals surface area contributed by atoms with Crippen LogP contribution in [0.2, 0.25) is 0 Å². The summed E-state index contributed by atoms with van der Waals surface area (Å²) in [6.07, 6.45) is 8.28. The SMILES string of the molecule is CCCCCCC(C)(C)c1cc(O)c([C@H]2C=C(C(=O)O)C3CC2C3(C)C)c(O)c1. The number of hydrogen-bond donors (Lipinski definition) is 3. The minimum absolute atomic E-state index is 0.0480. The van der Waals surface area contributed by atoms with E-state index in [0.29, 0.717) is 11.1 Å². The Bertz CT molecular complexity index is 795. The average Bonchev–Trinajstić information content (AvgIpc) is 2.64. The first-order valence-electron chi connectivity index (χ1n) is 11.0. The second-order valence-corrected chi connectivity index (χ2v) is 10.3. The fourth-order valence-corrected chi connectivity index (χ4v) is 5.52. The number of aromatic hydroxyl groups is 2. The van der Waals surface area contributed by atoms with Crippen molar-refractivity contribution < 1.29 is 20.1 Å². The number of hydrogen-bond acceptors (Lipinski definition) is 3. The lowest BCUT2D eigenvalue weighted by molar-refractivity contribution is -0.137. The molecule has 160 valence electrons. The Kier molecular flexibility index (Phi) is 5.77. The smallest absolute Gasteiger partial charge is 0.331 e. The van der Waals surface area contributed by atoms with Gasteiger partial charge in [-0.15, -0.1) is 0 Å². The number of allylic oxidation sites excluding steroid dienone is 1. The van der Waals surface area contributed by atoms with Crippen molar-refractivity contribution in [1.29, 1.82) is 0 Å². The van der Waals surface area contributed by atoms with Gasteiger partial charge >= 0.3 is 5.97 Å². The van der Waals surface area contributed by atoms with E-state index >= 15 is 0 Å². The van der Waals surface area contributed by atoms with Gasteiger partial charge in [0.2, 0.25) is 0 Å². The van der Waals surface area contributed by atoms with Crippen molar-refractivity contribution in [2.45, 2.75) is 84.5 Å². The highest BCUT2D eigenvalue weighted by atomic mass is 16.4. The van der Waals surface area contributed by atoms with Gasteiger partial charge in [-0.2, -0.15) is 0 Å². The van der Waals surface area contributed by atoms with Crippen molar-refractivity contribution in [3.8, 4) is 11.5 Å². The van der Waals surface area contributed by atoms with Crippen LogP contribution in [-0.2, 0) is 10.2 Å². The predicted octanol–water partition coefficient (Wildman–Crippen LogP) is 6.12. The van der Waals surface area contributed by atoms with Crippen LogP contribution in [0.1, 0.15) is 90.2 Å².